The summed E-state index contributed by atoms with van der Waals surface area (Å²) in [5.41, 5.74) is 20.3. The van der Waals surface area contributed by atoms with Gasteiger partial charge in [-0.2, -0.15) is 0 Å². The summed E-state index contributed by atoms with van der Waals surface area (Å²) in [6, 6.07) is 14.3. The zero-order valence-corrected chi connectivity index (χ0v) is 41.1. The molecule has 0 aliphatic carbocycles. The van der Waals surface area contributed by atoms with Gasteiger partial charge in [-0.1, -0.05) is 24.3 Å². The van der Waals surface area contributed by atoms with Crippen LogP contribution in [0.25, 0.3) is 12.2 Å². The maximum atomic E-state index is 11.7. The molecule has 12 N–H and O–H groups in total. The van der Waals surface area contributed by atoms with Crippen LogP contribution in [0, 0.1) is 0 Å². The van der Waals surface area contributed by atoms with E-state index >= 15 is 0 Å². The Hall–Kier alpha value is -3.12. The van der Waals surface area contributed by atoms with Crippen LogP contribution in [0.1, 0.15) is 66.5 Å². The molecular weight excluding hydrogens is 968 g/mol. The van der Waals surface area contributed by atoms with Gasteiger partial charge in [0.25, 0.3) is 5.24 Å². The van der Waals surface area contributed by atoms with Crippen LogP contribution in [0.4, 0.5) is 16.2 Å². The predicted molar refractivity (Wildman–Crippen MR) is 245 cm³/mol. The summed E-state index contributed by atoms with van der Waals surface area (Å²) in [4.78, 5) is 63.8. The molecule has 0 atom stereocenters. The monoisotopic (exact) mass is 1020 g/mol. The Morgan fingerprint density at radius 3 is 1.39 bits per heavy atom. The van der Waals surface area contributed by atoms with Crippen molar-refractivity contribution in [2.24, 2.45) is 11.5 Å². The minimum atomic E-state index is -3.69. The standard InChI is InChI=1S/C15H20N2O3.C11H13NO2.C4H8ClNO.C4H9NO2.C3H5NO2.Cl5P.ClH/c1-4-20-13(18)10-7-11-5-8-12(9-6-11)17-14(19)15(2,3)16;1-2-14-11(13)8-5-9-3-6-10(12)7-4-9;1-4(2,6)3(5)7;1-4(2,5)3(6)7;5-3-4-1-2-6-3;1-6(2,3,4)5;/h5-10H,4,16H2,1-3H3,(H,17,19);3-8H,2,12H2,1H3;6H2,1-2H3;5H2,1-2H3,(H,6,7);1-2H2,(H,4,5);;1H. The SMILES string of the molecule is CC(C)(N)C(=O)O.CC(C)([NH3+])C(=O)Cl.CCOC(=O)C=Cc1ccc(N)cc1.CCOC(=O)C=Cc1ccc(NC(=O)C(C)(C)N)cc1.ClP(Cl)(Cl)(Cl)Cl.O=C1NCCO1.[Cl-]. The number of alkyl carbamates (subject to hydrolysis) is 1. The number of halogens is 7. The van der Waals surface area contributed by atoms with Crippen LogP contribution in [-0.4, -0.2) is 83.2 Å². The second-order valence-electron chi connectivity index (χ2n) is 13.5. The smallest absolute Gasteiger partial charge is 0.407 e. The van der Waals surface area contributed by atoms with Crippen molar-refractivity contribution in [3.63, 3.8) is 0 Å². The zero-order valence-electron chi connectivity index (χ0n) is 34.9. The molecule has 0 saturated carbocycles. The fraction of sp³-hybridized carbons (Fsp3) is 0.405. The third kappa shape index (κ3) is 44.7. The number of benzene rings is 2. The molecule has 2 aromatic rings. The predicted octanol–water partition coefficient (Wildman–Crippen LogP) is 4.40. The molecule has 1 aliphatic rings. The van der Waals surface area contributed by atoms with Crippen LogP contribution in [0.3, 0.4) is 0 Å². The van der Waals surface area contributed by atoms with Crippen LogP contribution >= 0.6 is 71.2 Å². The molecule has 348 valence electrons. The van der Waals surface area contributed by atoms with E-state index in [1.807, 2.05) is 12.1 Å². The third-order valence-electron chi connectivity index (χ3n) is 5.78. The fourth-order valence-electron chi connectivity index (χ4n) is 2.63. The number of esters is 2. The molecule has 0 aromatic heterocycles. The number of aliphatic carboxylic acids is 1. The number of quaternary nitrogens is 1. The Morgan fingerprint density at radius 2 is 1.16 bits per heavy atom. The molecule has 1 fully saturated rings. The molecule has 0 spiro atoms. The number of anilines is 2. The van der Waals surface area contributed by atoms with Crippen LogP contribution in [0.15, 0.2) is 60.7 Å². The van der Waals surface area contributed by atoms with Gasteiger partial charge in [-0.3, -0.25) is 14.4 Å². The summed E-state index contributed by atoms with van der Waals surface area (Å²) in [5, 5.41) is 12.9. The Labute approximate surface area is 391 Å². The maximum Gasteiger partial charge on any atom is 0.407 e. The Balaban J connectivity index is -0.000000344. The molecule has 24 heteroatoms. The first kappa shape index (κ1) is 64.5. The second-order valence-corrected chi connectivity index (χ2v) is 30.5. The third-order valence-corrected chi connectivity index (χ3v) is 6.29. The topological polar surface area (TPSA) is 280 Å². The Kier molecular flexibility index (Phi) is 32.6. The van der Waals surface area contributed by atoms with Gasteiger partial charge in [0.05, 0.1) is 25.3 Å². The molecule has 0 bridgehead atoms. The van der Waals surface area contributed by atoms with E-state index < -0.39 is 31.2 Å². The summed E-state index contributed by atoms with van der Waals surface area (Å²) in [5.74, 6) is -1.95. The van der Waals surface area contributed by atoms with E-state index in [0.717, 1.165) is 11.1 Å². The fourth-order valence-corrected chi connectivity index (χ4v) is 2.63. The number of carboxylic acid groups (broad SMARTS) is 1. The molecule has 1 saturated heterocycles. The largest absolute Gasteiger partial charge is 1.00 e. The van der Waals surface area contributed by atoms with Gasteiger partial charge < -0.3 is 65.3 Å². The molecule has 61 heavy (non-hydrogen) atoms. The molecule has 1 aliphatic heterocycles. The van der Waals surface area contributed by atoms with Crippen molar-refractivity contribution >= 4 is 130 Å². The van der Waals surface area contributed by atoms with Gasteiger partial charge in [0.2, 0.25) is 5.91 Å². The van der Waals surface area contributed by atoms with E-state index in [2.05, 4.69) is 21.1 Å². The molecule has 0 radical (unpaired) electrons. The number of amides is 2. The van der Waals surface area contributed by atoms with E-state index in [9.17, 15) is 28.8 Å². The van der Waals surface area contributed by atoms with Gasteiger partial charge >= 0.3 is 83.6 Å². The number of carbonyl (C=O) groups excluding carboxylic acids is 5. The summed E-state index contributed by atoms with van der Waals surface area (Å²) in [7, 11) is 0. The average molecular weight is 1020 g/mol. The van der Waals surface area contributed by atoms with Crippen molar-refractivity contribution in [1.82, 2.24) is 5.32 Å². The van der Waals surface area contributed by atoms with Crippen LogP contribution in [0.5, 0.6) is 0 Å². The van der Waals surface area contributed by atoms with E-state index in [4.69, 9.17) is 99.6 Å². The van der Waals surface area contributed by atoms with Gasteiger partial charge in [-0.15, -0.1) is 0 Å². The van der Waals surface area contributed by atoms with Gasteiger partial charge in [0.15, 0.2) is 5.54 Å². The van der Waals surface area contributed by atoms with Gasteiger partial charge in [-0.25, -0.2) is 14.4 Å². The normalized spacial score (nSPS) is 12.5. The Morgan fingerprint density at radius 1 is 0.820 bits per heavy atom. The summed E-state index contributed by atoms with van der Waals surface area (Å²) in [6.45, 7) is 15.0. The molecular formula is C37H56Cl7N6O10P. The van der Waals surface area contributed by atoms with Crippen molar-refractivity contribution in [3.05, 3.63) is 71.8 Å². The van der Waals surface area contributed by atoms with Crippen LogP contribution in [0.2, 0.25) is 0 Å². The number of rotatable bonds is 10. The molecule has 0 unspecified atom stereocenters. The molecule has 1 heterocycles. The molecule has 3 rings (SSSR count). The minimum Gasteiger partial charge on any atom is -1.00 e. The number of hydrogen-bond acceptors (Lipinski definition) is 12. The number of carbonyl (C=O) groups is 6. The number of nitrogen functional groups attached to an aromatic ring is 1. The molecule has 2 amide bonds. The van der Waals surface area contributed by atoms with Crippen molar-refractivity contribution < 1.29 is 66.2 Å². The van der Waals surface area contributed by atoms with Crippen LogP contribution < -0.4 is 46.0 Å². The number of hydrogen-bond donors (Lipinski definition) is 7. The molecule has 16 nitrogen and oxygen atoms in total. The summed E-state index contributed by atoms with van der Waals surface area (Å²) >= 11 is 29.9. The van der Waals surface area contributed by atoms with Crippen LogP contribution in [-0.2, 0) is 38.2 Å². The average Bonchev–Trinajstić information content (AvgIpc) is 3.57. The zero-order chi connectivity index (χ0) is 47.6. The van der Waals surface area contributed by atoms with Crippen molar-refractivity contribution in [1.29, 1.82) is 0 Å². The number of nitrogens with one attached hydrogen (secondary N) is 2. The molecule has 2 aromatic carbocycles. The first-order valence-electron chi connectivity index (χ1n) is 17.4. The number of nitrogens with two attached hydrogens (primary N) is 3. The minimum absolute atomic E-state index is 0. The number of cyclic esters (lactones) is 1. The van der Waals surface area contributed by atoms with Gasteiger partial charge in [0, 0.05) is 23.5 Å². The van der Waals surface area contributed by atoms with E-state index in [0.29, 0.717) is 37.7 Å². The van der Waals surface area contributed by atoms with Gasteiger partial charge in [0.1, 0.15) is 12.1 Å². The quantitative estimate of drug-likeness (QED) is 0.0435. The van der Waals surface area contributed by atoms with Crippen molar-refractivity contribution in [2.75, 3.05) is 37.4 Å². The first-order chi connectivity index (χ1) is 27.1. The van der Waals surface area contributed by atoms with Crippen molar-refractivity contribution in [3.8, 4) is 0 Å². The van der Waals surface area contributed by atoms with E-state index in [1.165, 1.54) is 26.0 Å². The van der Waals surface area contributed by atoms with Crippen molar-refractivity contribution in [2.45, 2.75) is 72.0 Å². The Bertz CT molecular complexity index is 1670. The van der Waals surface area contributed by atoms with E-state index in [-0.39, 0.29) is 36.3 Å². The summed E-state index contributed by atoms with van der Waals surface area (Å²) in [6.07, 6.45) is 5.80. The summed E-state index contributed by atoms with van der Waals surface area (Å²) < 4.78 is 10.2. The van der Waals surface area contributed by atoms with E-state index in [1.54, 1.807) is 90.1 Å². The number of ether oxygens (including phenoxy) is 3. The van der Waals surface area contributed by atoms with Gasteiger partial charge in [-0.05, 0) is 115 Å². The maximum absolute atomic E-state index is 11.7. The second kappa shape index (κ2) is 30.8. The first-order valence-corrected chi connectivity index (χ1v) is 24.6. The number of carboxylic acids is 1.